The van der Waals surface area contributed by atoms with Gasteiger partial charge >= 0.3 is 0 Å². The first-order valence-corrected chi connectivity index (χ1v) is 13.0. The van der Waals surface area contributed by atoms with E-state index in [9.17, 15) is 9.59 Å². The minimum Gasteiger partial charge on any atom is -0.494 e. The second-order valence-corrected chi connectivity index (χ2v) is 9.41. The van der Waals surface area contributed by atoms with E-state index in [0.717, 1.165) is 15.9 Å². The molecule has 3 aromatic carbocycles. The molecule has 0 aliphatic rings. The molecule has 36 heavy (non-hydrogen) atoms. The average Bonchev–Trinajstić information content (AvgIpc) is 3.31. The summed E-state index contributed by atoms with van der Waals surface area (Å²) < 4.78 is 8.20. The Kier molecular flexibility index (Phi) is 8.75. The fraction of sp³-hybridized carbons (Fsp3) is 0.154. The number of carbonyl (C=O) groups is 2. The second-order valence-electron chi connectivity index (χ2n) is 7.55. The fourth-order valence-electron chi connectivity index (χ4n) is 3.34. The summed E-state index contributed by atoms with van der Waals surface area (Å²) in [6, 6.07) is 23.9. The van der Waals surface area contributed by atoms with Crippen LogP contribution in [0.15, 0.2) is 88.5 Å². The van der Waals surface area contributed by atoms with Crippen LogP contribution in [0, 0.1) is 0 Å². The molecule has 0 spiro atoms. The molecule has 0 atom stereocenters. The zero-order valence-corrected chi connectivity index (χ0v) is 21.9. The molecule has 10 heteroatoms. The number of aromatic nitrogens is 3. The van der Waals surface area contributed by atoms with Gasteiger partial charge < -0.3 is 15.4 Å². The van der Waals surface area contributed by atoms with Crippen molar-refractivity contribution >= 4 is 45.2 Å². The smallest absolute Gasteiger partial charge is 0.251 e. The monoisotopic (exact) mass is 565 g/mol. The Bertz CT molecular complexity index is 1310. The maximum absolute atomic E-state index is 12.6. The summed E-state index contributed by atoms with van der Waals surface area (Å²) in [5, 5.41) is 14.9. The number of thioether (sulfide) groups is 1. The van der Waals surface area contributed by atoms with Crippen LogP contribution in [-0.2, 0) is 11.3 Å². The highest BCUT2D eigenvalue weighted by atomic mass is 79.9. The van der Waals surface area contributed by atoms with Crippen LogP contribution >= 0.6 is 27.7 Å². The Balaban J connectivity index is 1.46. The van der Waals surface area contributed by atoms with Gasteiger partial charge in [-0.25, -0.2) is 0 Å². The Labute approximate surface area is 221 Å². The summed E-state index contributed by atoms with van der Waals surface area (Å²) in [5.41, 5.74) is 2.07. The predicted octanol–water partition coefficient (Wildman–Crippen LogP) is 5.09. The van der Waals surface area contributed by atoms with E-state index in [2.05, 4.69) is 36.8 Å². The molecule has 1 aromatic heterocycles. The highest BCUT2D eigenvalue weighted by Crippen LogP contribution is 2.24. The number of nitrogens with zero attached hydrogens (tertiary/aromatic N) is 3. The number of hydrogen-bond donors (Lipinski definition) is 2. The van der Waals surface area contributed by atoms with Crippen molar-refractivity contribution < 1.29 is 14.3 Å². The molecule has 0 saturated carbocycles. The lowest BCUT2D eigenvalue weighted by Crippen LogP contribution is -2.24. The van der Waals surface area contributed by atoms with Crippen LogP contribution in [0.5, 0.6) is 5.75 Å². The van der Waals surface area contributed by atoms with Gasteiger partial charge in [0.1, 0.15) is 5.75 Å². The van der Waals surface area contributed by atoms with Crippen molar-refractivity contribution in [3.8, 4) is 11.4 Å². The van der Waals surface area contributed by atoms with Crippen LogP contribution in [-0.4, -0.2) is 38.9 Å². The van der Waals surface area contributed by atoms with Crippen LogP contribution in [0.1, 0.15) is 23.1 Å². The van der Waals surface area contributed by atoms with Crippen LogP contribution < -0.4 is 15.4 Å². The Morgan fingerprint density at radius 1 is 0.972 bits per heavy atom. The molecular weight excluding hydrogens is 542 g/mol. The molecule has 2 N–H and O–H groups in total. The molecule has 0 radical (unpaired) electrons. The van der Waals surface area contributed by atoms with Crippen molar-refractivity contribution in [3.63, 3.8) is 0 Å². The molecule has 4 rings (SSSR count). The van der Waals surface area contributed by atoms with E-state index in [1.807, 2.05) is 66.1 Å². The summed E-state index contributed by atoms with van der Waals surface area (Å²) in [4.78, 5) is 25.1. The van der Waals surface area contributed by atoms with Crippen molar-refractivity contribution in [1.82, 2.24) is 20.1 Å². The quantitative estimate of drug-likeness (QED) is 0.260. The molecule has 1 heterocycles. The summed E-state index contributed by atoms with van der Waals surface area (Å²) in [7, 11) is 0. The first kappa shape index (κ1) is 25.5. The van der Waals surface area contributed by atoms with Gasteiger partial charge in [-0.05, 0) is 67.6 Å². The maximum Gasteiger partial charge on any atom is 0.251 e. The van der Waals surface area contributed by atoms with E-state index in [-0.39, 0.29) is 24.1 Å². The molecule has 0 aliphatic heterocycles. The molecular formula is C26H24BrN5O3S. The number of anilines is 1. The van der Waals surface area contributed by atoms with E-state index in [1.54, 1.807) is 24.3 Å². The average molecular weight is 566 g/mol. The molecule has 0 saturated heterocycles. The van der Waals surface area contributed by atoms with Crippen molar-refractivity contribution in [2.24, 2.45) is 0 Å². The molecule has 4 aromatic rings. The topological polar surface area (TPSA) is 98.1 Å². The Morgan fingerprint density at radius 2 is 1.69 bits per heavy atom. The minimum atomic E-state index is -0.204. The van der Waals surface area contributed by atoms with Gasteiger partial charge in [0.25, 0.3) is 5.91 Å². The van der Waals surface area contributed by atoms with Crippen molar-refractivity contribution in [2.75, 3.05) is 17.7 Å². The normalized spacial score (nSPS) is 10.6. The third-order valence-electron chi connectivity index (χ3n) is 5.01. The van der Waals surface area contributed by atoms with E-state index in [4.69, 9.17) is 4.74 Å². The molecule has 0 fully saturated rings. The zero-order valence-electron chi connectivity index (χ0n) is 19.5. The molecule has 2 amide bonds. The van der Waals surface area contributed by atoms with Gasteiger partial charge in [-0.2, -0.15) is 0 Å². The van der Waals surface area contributed by atoms with E-state index in [0.29, 0.717) is 28.8 Å². The first-order chi connectivity index (χ1) is 17.5. The molecule has 8 nitrogen and oxygen atoms in total. The summed E-state index contributed by atoms with van der Waals surface area (Å²) in [6.45, 7) is 2.68. The molecule has 184 valence electrons. The van der Waals surface area contributed by atoms with Gasteiger partial charge in [-0.3, -0.25) is 14.2 Å². The third kappa shape index (κ3) is 6.73. The second kappa shape index (κ2) is 12.4. The molecule has 0 bridgehead atoms. The van der Waals surface area contributed by atoms with Gasteiger partial charge in [0.2, 0.25) is 5.91 Å². The van der Waals surface area contributed by atoms with Crippen molar-refractivity contribution in [3.05, 3.63) is 94.7 Å². The molecule has 0 aliphatic carbocycles. The minimum absolute atomic E-state index is 0.137. The number of ether oxygens (including phenoxy) is 1. The lowest BCUT2D eigenvalue weighted by molar-refractivity contribution is -0.113. The summed E-state index contributed by atoms with van der Waals surface area (Å²) >= 11 is 4.72. The number of halogens is 1. The van der Waals surface area contributed by atoms with Crippen LogP contribution in [0.4, 0.5) is 5.69 Å². The van der Waals surface area contributed by atoms with E-state index >= 15 is 0 Å². The van der Waals surface area contributed by atoms with E-state index in [1.165, 1.54) is 11.8 Å². The number of amides is 2. The van der Waals surface area contributed by atoms with Gasteiger partial charge in [-0.1, -0.05) is 45.9 Å². The van der Waals surface area contributed by atoms with Gasteiger partial charge in [-0.15, -0.1) is 10.2 Å². The SMILES string of the molecule is CCOc1ccc(NC(=O)CSc2nnc(CNC(=O)c3ccccc3)n2-c2ccc(Br)cc2)cc1. The lowest BCUT2D eigenvalue weighted by Gasteiger charge is -2.11. The standard InChI is InChI=1S/C26H24BrN5O3S/c1-2-35-22-14-10-20(11-15-22)29-24(33)17-36-26-31-30-23(32(26)21-12-8-19(27)9-13-21)16-28-25(34)18-6-4-3-5-7-18/h3-15H,2,16-17H2,1H3,(H,28,34)(H,29,33). The Hall–Kier alpha value is -3.63. The van der Waals surface area contributed by atoms with Crippen LogP contribution in [0.2, 0.25) is 0 Å². The fourth-order valence-corrected chi connectivity index (χ4v) is 4.37. The zero-order chi connectivity index (χ0) is 25.3. The van der Waals surface area contributed by atoms with Crippen molar-refractivity contribution in [2.45, 2.75) is 18.6 Å². The van der Waals surface area contributed by atoms with Crippen molar-refractivity contribution in [1.29, 1.82) is 0 Å². The van der Waals surface area contributed by atoms with Gasteiger partial charge in [0.05, 0.1) is 18.9 Å². The molecule has 0 unspecified atom stereocenters. The maximum atomic E-state index is 12.6. The van der Waals surface area contributed by atoms with Crippen LogP contribution in [0.25, 0.3) is 5.69 Å². The number of benzene rings is 3. The lowest BCUT2D eigenvalue weighted by atomic mass is 10.2. The summed E-state index contributed by atoms with van der Waals surface area (Å²) in [6.07, 6.45) is 0. The highest BCUT2D eigenvalue weighted by Gasteiger charge is 2.17. The van der Waals surface area contributed by atoms with Gasteiger partial charge in [0, 0.05) is 21.4 Å². The largest absolute Gasteiger partial charge is 0.494 e. The Morgan fingerprint density at radius 3 is 2.39 bits per heavy atom. The van der Waals surface area contributed by atoms with E-state index < -0.39 is 0 Å². The number of hydrogen-bond acceptors (Lipinski definition) is 6. The first-order valence-electron chi connectivity index (χ1n) is 11.2. The summed E-state index contributed by atoms with van der Waals surface area (Å²) in [5.74, 6) is 1.06. The van der Waals surface area contributed by atoms with Crippen LogP contribution in [0.3, 0.4) is 0 Å². The highest BCUT2D eigenvalue weighted by molar-refractivity contribution is 9.10. The number of rotatable bonds is 10. The third-order valence-corrected chi connectivity index (χ3v) is 6.47. The number of nitrogens with one attached hydrogen (secondary N) is 2. The number of carbonyl (C=O) groups excluding carboxylic acids is 2. The predicted molar refractivity (Wildman–Crippen MR) is 144 cm³/mol. The van der Waals surface area contributed by atoms with Gasteiger partial charge in [0.15, 0.2) is 11.0 Å².